The van der Waals surface area contributed by atoms with Gasteiger partial charge in [-0.1, -0.05) is 5.16 Å². The lowest BCUT2D eigenvalue weighted by Crippen LogP contribution is -2.12. The van der Waals surface area contributed by atoms with Crippen LogP contribution in [0.5, 0.6) is 0 Å². The van der Waals surface area contributed by atoms with Gasteiger partial charge in [-0.25, -0.2) is 0 Å². The van der Waals surface area contributed by atoms with Crippen LogP contribution in [0.25, 0.3) is 11.0 Å². The first-order chi connectivity index (χ1) is 6.77. The fourth-order valence-corrected chi connectivity index (χ4v) is 2.75. The highest BCUT2D eigenvalue weighted by Crippen LogP contribution is 2.35. The lowest BCUT2D eigenvalue weighted by atomic mass is 10.1. The molecule has 4 heteroatoms. The van der Waals surface area contributed by atoms with Crippen LogP contribution in [0.3, 0.4) is 0 Å². The number of anilines is 1. The Balaban J connectivity index is 2.42. The molecule has 0 unspecified atom stereocenters. The number of hydrogen-bond acceptors (Lipinski definition) is 3. The first-order valence-corrected chi connectivity index (χ1v) is 5.63. The zero-order chi connectivity index (χ0) is 9.71. The number of fused-ring (bicyclic) bond motifs is 3. The second-order valence-electron chi connectivity index (χ2n) is 3.58. The topological polar surface area (TPSA) is 29.3 Å². The Bertz CT molecular complexity index is 506. The quantitative estimate of drug-likeness (QED) is 0.700. The van der Waals surface area contributed by atoms with E-state index in [1.54, 1.807) is 0 Å². The highest BCUT2D eigenvalue weighted by Gasteiger charge is 2.21. The van der Waals surface area contributed by atoms with Gasteiger partial charge >= 0.3 is 0 Å². The number of halogens is 1. The van der Waals surface area contributed by atoms with E-state index in [0.717, 1.165) is 22.2 Å². The van der Waals surface area contributed by atoms with Gasteiger partial charge in [-0.2, -0.15) is 0 Å². The monoisotopic (exact) mass is 300 g/mol. The second-order valence-corrected chi connectivity index (χ2v) is 4.60. The molecule has 0 atom stereocenters. The fraction of sp³-hybridized carbons (Fsp3) is 0.300. The molecule has 0 saturated carbocycles. The summed E-state index contributed by atoms with van der Waals surface area (Å²) in [6.45, 7) is 1.09. The smallest absolute Gasteiger partial charge is 0.168 e. The normalized spacial score (nSPS) is 15.1. The summed E-state index contributed by atoms with van der Waals surface area (Å²) in [5, 5.41) is 5.19. The van der Waals surface area contributed by atoms with Crippen molar-refractivity contribution in [2.45, 2.75) is 6.42 Å². The number of rotatable bonds is 0. The van der Waals surface area contributed by atoms with Gasteiger partial charge in [-0.05, 0) is 46.7 Å². The lowest BCUT2D eigenvalue weighted by molar-refractivity contribution is 0.451. The summed E-state index contributed by atoms with van der Waals surface area (Å²) in [6.07, 6.45) is 1.10. The summed E-state index contributed by atoms with van der Waals surface area (Å²) in [4.78, 5) is 2.28. The first kappa shape index (κ1) is 8.52. The number of aromatic nitrogens is 1. The maximum Gasteiger partial charge on any atom is 0.168 e. The molecular weight excluding hydrogens is 291 g/mol. The predicted molar refractivity (Wildman–Crippen MR) is 63.7 cm³/mol. The van der Waals surface area contributed by atoms with E-state index >= 15 is 0 Å². The molecule has 2 heterocycles. The van der Waals surface area contributed by atoms with Crippen LogP contribution in [0, 0.1) is 3.70 Å². The molecule has 0 amide bonds. The van der Waals surface area contributed by atoms with E-state index in [9.17, 15) is 0 Å². The minimum Gasteiger partial charge on any atom is -0.374 e. The van der Waals surface area contributed by atoms with Crippen molar-refractivity contribution in [2.75, 3.05) is 18.5 Å². The van der Waals surface area contributed by atoms with E-state index in [1.807, 2.05) is 6.07 Å². The SMILES string of the molecule is CN1CCc2c1ccc1onc(I)c21. The van der Waals surface area contributed by atoms with Crippen LogP contribution in [0.1, 0.15) is 5.56 Å². The zero-order valence-corrected chi connectivity index (χ0v) is 9.91. The Labute approximate surface area is 95.2 Å². The highest BCUT2D eigenvalue weighted by molar-refractivity contribution is 14.1. The fourth-order valence-electron chi connectivity index (χ4n) is 2.06. The molecule has 3 nitrogen and oxygen atoms in total. The number of nitrogens with zero attached hydrogens (tertiary/aromatic N) is 2. The summed E-state index contributed by atoms with van der Waals surface area (Å²) in [5.74, 6) is 0. The first-order valence-electron chi connectivity index (χ1n) is 4.55. The van der Waals surface area contributed by atoms with Crippen molar-refractivity contribution in [2.24, 2.45) is 0 Å². The molecule has 0 radical (unpaired) electrons. The van der Waals surface area contributed by atoms with Crippen LogP contribution < -0.4 is 4.90 Å². The Morgan fingerprint density at radius 1 is 1.50 bits per heavy atom. The molecule has 1 aliphatic heterocycles. The van der Waals surface area contributed by atoms with Crippen LogP contribution in [-0.2, 0) is 6.42 Å². The molecule has 3 rings (SSSR count). The molecule has 0 N–H and O–H groups in total. The molecule has 1 aromatic heterocycles. The van der Waals surface area contributed by atoms with Crippen molar-refractivity contribution in [1.29, 1.82) is 0 Å². The molecule has 0 bridgehead atoms. The molecule has 14 heavy (non-hydrogen) atoms. The van der Waals surface area contributed by atoms with Crippen molar-refractivity contribution >= 4 is 39.2 Å². The molecule has 1 aliphatic rings. The van der Waals surface area contributed by atoms with Crippen LogP contribution in [-0.4, -0.2) is 18.7 Å². The maximum absolute atomic E-state index is 5.23. The summed E-state index contributed by atoms with van der Waals surface area (Å²) in [5.41, 5.74) is 3.61. The van der Waals surface area contributed by atoms with Gasteiger partial charge in [0.1, 0.15) is 0 Å². The van der Waals surface area contributed by atoms with Gasteiger partial charge in [-0.3, -0.25) is 0 Å². The van der Waals surface area contributed by atoms with Crippen LogP contribution in [0.4, 0.5) is 5.69 Å². The van der Waals surface area contributed by atoms with Crippen LogP contribution in [0.2, 0.25) is 0 Å². The van der Waals surface area contributed by atoms with Crippen molar-refractivity contribution in [3.05, 3.63) is 21.4 Å². The Morgan fingerprint density at radius 3 is 3.21 bits per heavy atom. The second kappa shape index (κ2) is 2.85. The predicted octanol–water partition coefficient (Wildman–Crippen LogP) is 2.42. The molecule has 2 aromatic rings. The van der Waals surface area contributed by atoms with E-state index in [4.69, 9.17) is 4.52 Å². The number of benzene rings is 1. The summed E-state index contributed by atoms with van der Waals surface area (Å²) < 4.78 is 6.21. The van der Waals surface area contributed by atoms with Gasteiger partial charge in [0.25, 0.3) is 0 Å². The third-order valence-corrected chi connectivity index (χ3v) is 3.53. The van der Waals surface area contributed by atoms with Crippen LogP contribution in [0.15, 0.2) is 16.7 Å². The summed E-state index contributed by atoms with van der Waals surface area (Å²) in [6, 6.07) is 4.12. The van der Waals surface area contributed by atoms with E-state index in [-0.39, 0.29) is 0 Å². The molecule has 0 spiro atoms. The summed E-state index contributed by atoms with van der Waals surface area (Å²) in [7, 11) is 2.12. The average Bonchev–Trinajstić information content (AvgIpc) is 2.72. The Hall–Kier alpha value is -0.780. The largest absolute Gasteiger partial charge is 0.374 e. The van der Waals surface area contributed by atoms with E-state index < -0.39 is 0 Å². The van der Waals surface area contributed by atoms with E-state index in [2.05, 4.69) is 45.8 Å². The molecule has 1 aromatic carbocycles. The minimum absolute atomic E-state index is 0.906. The average molecular weight is 300 g/mol. The van der Waals surface area contributed by atoms with E-state index in [0.29, 0.717) is 0 Å². The van der Waals surface area contributed by atoms with Gasteiger partial charge in [0.05, 0.1) is 5.39 Å². The third-order valence-electron chi connectivity index (χ3n) is 2.79. The van der Waals surface area contributed by atoms with Crippen LogP contribution >= 0.6 is 22.6 Å². The molecule has 72 valence electrons. The van der Waals surface area contributed by atoms with Gasteiger partial charge < -0.3 is 9.42 Å². The number of likely N-dealkylation sites (N-methyl/N-ethyl adjacent to an activating group) is 1. The molecule has 0 saturated heterocycles. The van der Waals surface area contributed by atoms with Gasteiger partial charge in [-0.15, -0.1) is 0 Å². The molecule has 0 aliphatic carbocycles. The number of hydrogen-bond donors (Lipinski definition) is 0. The minimum atomic E-state index is 0.906. The molecule has 0 fully saturated rings. The van der Waals surface area contributed by atoms with Crippen molar-refractivity contribution in [1.82, 2.24) is 5.16 Å². The van der Waals surface area contributed by atoms with E-state index in [1.165, 1.54) is 16.6 Å². The third kappa shape index (κ3) is 1.00. The molecular formula is C10H9IN2O. The Morgan fingerprint density at radius 2 is 2.36 bits per heavy atom. The maximum atomic E-state index is 5.23. The van der Waals surface area contributed by atoms with Gasteiger partial charge in [0, 0.05) is 19.3 Å². The lowest BCUT2D eigenvalue weighted by Gasteiger charge is -2.10. The van der Waals surface area contributed by atoms with Gasteiger partial charge in [0.2, 0.25) is 0 Å². The summed E-state index contributed by atoms with van der Waals surface area (Å²) >= 11 is 2.23. The Kier molecular flexibility index (Phi) is 1.74. The van der Waals surface area contributed by atoms with Crippen molar-refractivity contribution in [3.63, 3.8) is 0 Å². The van der Waals surface area contributed by atoms with Crippen molar-refractivity contribution < 1.29 is 4.52 Å². The van der Waals surface area contributed by atoms with Gasteiger partial charge in [0.15, 0.2) is 9.28 Å². The zero-order valence-electron chi connectivity index (χ0n) is 7.75. The van der Waals surface area contributed by atoms with Crippen molar-refractivity contribution in [3.8, 4) is 0 Å². The standard InChI is InChI=1S/C10H9IN2O/c1-13-5-4-6-7(13)2-3-8-9(6)10(11)12-14-8/h2-3H,4-5H2,1H3. The highest BCUT2D eigenvalue weighted by atomic mass is 127.